The summed E-state index contributed by atoms with van der Waals surface area (Å²) in [4.78, 5) is 14.5. The molecule has 0 aliphatic heterocycles. The van der Waals surface area contributed by atoms with Gasteiger partial charge in [0.05, 0.1) is 0 Å². The Labute approximate surface area is 149 Å². The van der Waals surface area contributed by atoms with Crippen LogP contribution in [0.1, 0.15) is 31.4 Å². The van der Waals surface area contributed by atoms with Crippen LogP contribution in [0.5, 0.6) is 0 Å². The van der Waals surface area contributed by atoms with E-state index in [1.54, 1.807) is 0 Å². The minimum absolute atomic E-state index is 0.160. The summed E-state index contributed by atoms with van der Waals surface area (Å²) >= 11 is 5.97. The maximum absolute atomic E-state index is 12.6. The summed E-state index contributed by atoms with van der Waals surface area (Å²) in [7, 11) is 0. The number of amides is 1. The molecule has 0 saturated carbocycles. The summed E-state index contributed by atoms with van der Waals surface area (Å²) in [6.07, 6.45) is 0.465. The molecule has 0 aromatic heterocycles. The largest absolute Gasteiger partial charge is 0.384 e. The van der Waals surface area contributed by atoms with Crippen molar-refractivity contribution < 1.29 is 4.79 Å². The van der Waals surface area contributed by atoms with Crippen LogP contribution in [0, 0.1) is 6.92 Å². The number of nitrogens with zero attached hydrogens (tertiary/aromatic N) is 1. The van der Waals surface area contributed by atoms with Crippen LogP contribution in [0.2, 0.25) is 5.02 Å². The molecule has 0 unspecified atom stereocenters. The summed E-state index contributed by atoms with van der Waals surface area (Å²) in [5.74, 6) is 0.160. The van der Waals surface area contributed by atoms with Gasteiger partial charge in [0, 0.05) is 36.3 Å². The van der Waals surface area contributed by atoms with Gasteiger partial charge in [0.15, 0.2) is 0 Å². The number of halogens is 1. The van der Waals surface area contributed by atoms with E-state index in [0.29, 0.717) is 19.5 Å². The van der Waals surface area contributed by atoms with Gasteiger partial charge < -0.3 is 10.2 Å². The zero-order chi connectivity index (χ0) is 17.5. The molecular weight excluding hydrogens is 320 g/mol. The smallest absolute Gasteiger partial charge is 0.224 e. The predicted octanol–water partition coefficient (Wildman–Crippen LogP) is 4.89. The molecule has 128 valence electrons. The van der Waals surface area contributed by atoms with Gasteiger partial charge in [-0.1, -0.05) is 41.9 Å². The maximum Gasteiger partial charge on any atom is 0.224 e. The van der Waals surface area contributed by atoms with E-state index in [4.69, 9.17) is 11.6 Å². The molecule has 0 saturated heterocycles. The lowest BCUT2D eigenvalue weighted by atomic mass is 10.1. The van der Waals surface area contributed by atoms with Gasteiger partial charge in [-0.2, -0.15) is 0 Å². The molecule has 0 aliphatic carbocycles. The topological polar surface area (TPSA) is 32.3 Å². The lowest BCUT2D eigenvalue weighted by Crippen LogP contribution is -2.37. The molecule has 0 fully saturated rings. The number of carbonyl (C=O) groups is 1. The first-order chi connectivity index (χ1) is 11.5. The van der Waals surface area contributed by atoms with Gasteiger partial charge in [-0.15, -0.1) is 0 Å². The lowest BCUT2D eigenvalue weighted by Gasteiger charge is -2.27. The van der Waals surface area contributed by atoms with Crippen LogP contribution in [0.3, 0.4) is 0 Å². The van der Waals surface area contributed by atoms with E-state index in [2.05, 4.69) is 31.3 Å². The third kappa shape index (κ3) is 5.27. The molecule has 2 rings (SSSR count). The number of aryl methyl sites for hydroxylation is 1. The van der Waals surface area contributed by atoms with Crippen LogP contribution in [0.25, 0.3) is 0 Å². The Morgan fingerprint density at radius 3 is 2.50 bits per heavy atom. The van der Waals surface area contributed by atoms with Crippen molar-refractivity contribution in [3.05, 3.63) is 64.7 Å². The van der Waals surface area contributed by atoms with Crippen LogP contribution >= 0.6 is 11.6 Å². The van der Waals surface area contributed by atoms with E-state index in [0.717, 1.165) is 21.8 Å². The number of rotatable bonds is 7. The van der Waals surface area contributed by atoms with Crippen LogP contribution in [-0.4, -0.2) is 23.4 Å². The van der Waals surface area contributed by atoms with Gasteiger partial charge >= 0.3 is 0 Å². The molecule has 0 radical (unpaired) electrons. The molecule has 0 bridgehead atoms. The van der Waals surface area contributed by atoms with Gasteiger partial charge in [0.1, 0.15) is 0 Å². The molecule has 0 heterocycles. The Hall–Kier alpha value is -2.00. The minimum atomic E-state index is 0.160. The Morgan fingerprint density at radius 1 is 1.17 bits per heavy atom. The SMILES string of the molecule is Cc1cc(Cl)ccc1NCCC(=O)N(Cc1ccccc1)C(C)C. The predicted molar refractivity (Wildman–Crippen MR) is 101 cm³/mol. The molecule has 3 nitrogen and oxygen atoms in total. The number of nitrogens with one attached hydrogen (secondary N) is 1. The highest BCUT2D eigenvalue weighted by molar-refractivity contribution is 6.30. The molecule has 2 aromatic carbocycles. The molecule has 1 amide bonds. The standard InChI is InChI=1S/C20H25ClN2O/c1-15(2)23(14-17-7-5-4-6-8-17)20(24)11-12-22-19-10-9-18(21)13-16(19)3/h4-10,13,15,22H,11-12,14H2,1-3H3. The lowest BCUT2D eigenvalue weighted by molar-refractivity contribution is -0.133. The third-order valence-electron chi connectivity index (χ3n) is 3.98. The summed E-state index contributed by atoms with van der Waals surface area (Å²) in [6.45, 7) is 7.37. The van der Waals surface area contributed by atoms with Crippen LogP contribution < -0.4 is 5.32 Å². The second kappa shape index (κ2) is 8.74. The van der Waals surface area contributed by atoms with E-state index < -0.39 is 0 Å². The van der Waals surface area contributed by atoms with E-state index in [9.17, 15) is 4.79 Å². The van der Waals surface area contributed by atoms with Crippen molar-refractivity contribution in [1.82, 2.24) is 4.90 Å². The molecular formula is C20H25ClN2O. The second-order valence-corrected chi connectivity index (χ2v) is 6.67. The first-order valence-corrected chi connectivity index (χ1v) is 8.68. The quantitative estimate of drug-likeness (QED) is 0.775. The number of carbonyl (C=O) groups excluding carboxylic acids is 1. The first kappa shape index (κ1) is 18.3. The van der Waals surface area contributed by atoms with Crippen molar-refractivity contribution in [2.75, 3.05) is 11.9 Å². The fourth-order valence-corrected chi connectivity index (χ4v) is 2.84. The molecule has 1 N–H and O–H groups in total. The third-order valence-corrected chi connectivity index (χ3v) is 4.22. The number of hydrogen-bond donors (Lipinski definition) is 1. The summed E-state index contributed by atoms with van der Waals surface area (Å²) < 4.78 is 0. The van der Waals surface area contributed by atoms with Gasteiger partial charge in [-0.05, 0) is 50.1 Å². The van der Waals surface area contributed by atoms with E-state index in [1.807, 2.05) is 48.2 Å². The fraction of sp³-hybridized carbons (Fsp3) is 0.350. The summed E-state index contributed by atoms with van der Waals surface area (Å²) in [5.41, 5.74) is 3.26. The highest BCUT2D eigenvalue weighted by atomic mass is 35.5. The van der Waals surface area contributed by atoms with E-state index in [-0.39, 0.29) is 11.9 Å². The Morgan fingerprint density at radius 2 is 1.88 bits per heavy atom. The summed E-state index contributed by atoms with van der Waals surface area (Å²) in [6, 6.07) is 16.0. The maximum atomic E-state index is 12.6. The van der Waals surface area contributed by atoms with Crippen molar-refractivity contribution in [2.24, 2.45) is 0 Å². The Balaban J connectivity index is 1.91. The number of benzene rings is 2. The van der Waals surface area contributed by atoms with Crippen molar-refractivity contribution >= 4 is 23.2 Å². The molecule has 24 heavy (non-hydrogen) atoms. The van der Waals surface area contributed by atoms with E-state index >= 15 is 0 Å². The Bertz CT molecular complexity index is 671. The van der Waals surface area contributed by atoms with Crippen molar-refractivity contribution in [2.45, 2.75) is 39.8 Å². The van der Waals surface area contributed by atoms with Gasteiger partial charge in [-0.25, -0.2) is 0 Å². The van der Waals surface area contributed by atoms with E-state index in [1.165, 1.54) is 0 Å². The van der Waals surface area contributed by atoms with Gasteiger partial charge in [0.2, 0.25) is 5.91 Å². The van der Waals surface area contributed by atoms with Crippen LogP contribution in [0.15, 0.2) is 48.5 Å². The Kier molecular flexibility index (Phi) is 6.68. The molecule has 0 spiro atoms. The second-order valence-electron chi connectivity index (χ2n) is 6.24. The molecule has 2 aromatic rings. The number of anilines is 1. The average molecular weight is 345 g/mol. The van der Waals surface area contributed by atoms with Crippen molar-refractivity contribution in [1.29, 1.82) is 0 Å². The highest BCUT2D eigenvalue weighted by Gasteiger charge is 2.16. The number of hydrogen-bond acceptors (Lipinski definition) is 2. The zero-order valence-corrected chi connectivity index (χ0v) is 15.3. The van der Waals surface area contributed by atoms with Crippen LogP contribution in [-0.2, 0) is 11.3 Å². The average Bonchev–Trinajstić information content (AvgIpc) is 2.55. The van der Waals surface area contributed by atoms with Crippen LogP contribution in [0.4, 0.5) is 5.69 Å². The van der Waals surface area contributed by atoms with Gasteiger partial charge in [0.25, 0.3) is 0 Å². The van der Waals surface area contributed by atoms with Crippen molar-refractivity contribution in [3.63, 3.8) is 0 Å². The first-order valence-electron chi connectivity index (χ1n) is 8.31. The normalized spacial score (nSPS) is 10.7. The van der Waals surface area contributed by atoms with Gasteiger partial charge in [-0.3, -0.25) is 4.79 Å². The van der Waals surface area contributed by atoms with Crippen molar-refractivity contribution in [3.8, 4) is 0 Å². The molecule has 0 atom stereocenters. The zero-order valence-electron chi connectivity index (χ0n) is 14.6. The summed E-state index contributed by atoms with van der Waals surface area (Å²) in [5, 5.41) is 4.05. The fourth-order valence-electron chi connectivity index (χ4n) is 2.61. The molecule has 4 heteroatoms. The monoisotopic (exact) mass is 344 g/mol. The minimum Gasteiger partial charge on any atom is -0.384 e. The highest BCUT2D eigenvalue weighted by Crippen LogP contribution is 2.19. The molecule has 0 aliphatic rings.